The predicted molar refractivity (Wildman–Crippen MR) is 83.7 cm³/mol. The number of rotatable bonds is 5. The first-order chi connectivity index (χ1) is 10.1. The minimum absolute atomic E-state index is 0.210. The molecule has 6 heteroatoms. The van der Waals surface area contributed by atoms with Crippen molar-refractivity contribution < 1.29 is 8.42 Å². The van der Waals surface area contributed by atoms with Crippen molar-refractivity contribution in [1.82, 2.24) is 14.5 Å². The average molecular weight is 309 g/mol. The van der Waals surface area contributed by atoms with E-state index in [0.29, 0.717) is 25.6 Å². The molecule has 1 aromatic rings. The molecule has 5 nitrogen and oxygen atoms in total. The molecule has 0 spiro atoms. The fraction of sp³-hybridized carbons (Fsp3) is 0.600. The first kappa shape index (κ1) is 15.0. The quantitative estimate of drug-likeness (QED) is 0.841. The molecule has 1 aromatic carbocycles. The lowest BCUT2D eigenvalue weighted by Crippen LogP contribution is -2.62. The Hall–Kier alpha value is -0.950. The van der Waals surface area contributed by atoms with Crippen LogP contribution in [0.5, 0.6) is 0 Å². The van der Waals surface area contributed by atoms with Crippen molar-refractivity contribution in [2.45, 2.75) is 12.5 Å². The average Bonchev–Trinajstić information content (AvgIpc) is 2.45. The van der Waals surface area contributed by atoms with Crippen LogP contribution in [-0.4, -0.2) is 68.7 Å². The Morgan fingerprint density at radius 2 is 1.71 bits per heavy atom. The molecule has 2 aliphatic rings. The van der Waals surface area contributed by atoms with Crippen molar-refractivity contribution in [3.8, 4) is 0 Å². The Balaban J connectivity index is 1.51. The van der Waals surface area contributed by atoms with Crippen molar-refractivity contribution in [3.05, 3.63) is 35.9 Å². The van der Waals surface area contributed by atoms with E-state index in [1.807, 2.05) is 30.3 Å². The number of hydrogen-bond acceptors (Lipinski definition) is 4. The summed E-state index contributed by atoms with van der Waals surface area (Å²) in [4.78, 5) is 2.40. The number of benzene rings is 1. The van der Waals surface area contributed by atoms with E-state index >= 15 is 0 Å². The van der Waals surface area contributed by atoms with Gasteiger partial charge in [0.25, 0.3) is 0 Å². The van der Waals surface area contributed by atoms with E-state index in [2.05, 4.69) is 10.2 Å². The minimum Gasteiger partial charge on any atom is -0.314 e. The summed E-state index contributed by atoms with van der Waals surface area (Å²) in [6, 6.07) is 10.4. The maximum absolute atomic E-state index is 12.4. The monoisotopic (exact) mass is 309 g/mol. The molecular formula is C15H23N3O2S. The van der Waals surface area contributed by atoms with Crippen LogP contribution in [0.4, 0.5) is 0 Å². The normalized spacial score (nSPS) is 22.1. The molecule has 0 aromatic heterocycles. The number of sulfonamides is 1. The fourth-order valence-corrected chi connectivity index (χ4v) is 4.37. The van der Waals surface area contributed by atoms with Crippen LogP contribution in [0.1, 0.15) is 5.56 Å². The molecule has 0 radical (unpaired) electrons. The van der Waals surface area contributed by atoms with E-state index in [1.165, 1.54) is 0 Å². The Bertz CT molecular complexity index is 550. The second-order valence-corrected chi connectivity index (χ2v) is 7.89. The molecular weight excluding hydrogens is 286 g/mol. The van der Waals surface area contributed by atoms with Crippen molar-refractivity contribution in [2.24, 2.45) is 0 Å². The fourth-order valence-electron chi connectivity index (χ4n) is 2.90. The standard InChI is InChI=1S/C15H23N3O2S/c19-21(20,11-6-14-4-2-1-3-5-14)18-9-7-17(8-10-18)15-12-16-13-15/h1-5,15-16H,6-13H2. The van der Waals surface area contributed by atoms with Gasteiger partial charge in [0.2, 0.25) is 10.0 Å². The number of nitrogens with one attached hydrogen (secondary N) is 1. The van der Waals surface area contributed by atoms with E-state index in [-0.39, 0.29) is 5.75 Å². The van der Waals surface area contributed by atoms with Gasteiger partial charge < -0.3 is 5.32 Å². The molecule has 116 valence electrons. The lowest BCUT2D eigenvalue weighted by Gasteiger charge is -2.42. The summed E-state index contributed by atoms with van der Waals surface area (Å²) in [7, 11) is -3.13. The first-order valence-corrected chi connectivity index (χ1v) is 9.22. The molecule has 2 fully saturated rings. The molecule has 3 rings (SSSR count). The molecule has 0 saturated carbocycles. The van der Waals surface area contributed by atoms with Crippen LogP contribution in [0.2, 0.25) is 0 Å². The van der Waals surface area contributed by atoms with Gasteiger partial charge in [-0.15, -0.1) is 0 Å². The zero-order valence-corrected chi connectivity index (χ0v) is 13.1. The molecule has 0 amide bonds. The third-order valence-electron chi connectivity index (χ3n) is 4.43. The molecule has 2 heterocycles. The van der Waals surface area contributed by atoms with Gasteiger partial charge >= 0.3 is 0 Å². The van der Waals surface area contributed by atoms with E-state index in [4.69, 9.17) is 0 Å². The molecule has 21 heavy (non-hydrogen) atoms. The van der Waals surface area contributed by atoms with Crippen LogP contribution in [0.15, 0.2) is 30.3 Å². The van der Waals surface area contributed by atoms with E-state index < -0.39 is 10.0 Å². The highest BCUT2D eigenvalue weighted by Crippen LogP contribution is 2.14. The summed E-state index contributed by atoms with van der Waals surface area (Å²) in [6.45, 7) is 5.07. The van der Waals surface area contributed by atoms with Crippen LogP contribution >= 0.6 is 0 Å². The summed E-state index contributed by atoms with van der Waals surface area (Å²) in [5.41, 5.74) is 1.08. The topological polar surface area (TPSA) is 52.7 Å². The molecule has 0 bridgehead atoms. The Labute approximate surface area is 127 Å². The summed E-state index contributed by atoms with van der Waals surface area (Å²) < 4.78 is 26.5. The second kappa shape index (κ2) is 6.44. The molecule has 0 aliphatic carbocycles. The van der Waals surface area contributed by atoms with Gasteiger partial charge in [-0.2, -0.15) is 4.31 Å². The highest BCUT2D eigenvalue weighted by atomic mass is 32.2. The van der Waals surface area contributed by atoms with Gasteiger partial charge in [-0.3, -0.25) is 4.90 Å². The molecule has 0 atom stereocenters. The van der Waals surface area contributed by atoms with Crippen molar-refractivity contribution in [3.63, 3.8) is 0 Å². The van der Waals surface area contributed by atoms with Crippen LogP contribution in [-0.2, 0) is 16.4 Å². The van der Waals surface area contributed by atoms with Crippen molar-refractivity contribution in [2.75, 3.05) is 45.0 Å². The molecule has 2 saturated heterocycles. The summed E-state index contributed by atoms with van der Waals surface area (Å²) >= 11 is 0. The molecule has 0 unspecified atom stereocenters. The van der Waals surface area contributed by atoms with Crippen LogP contribution in [0.25, 0.3) is 0 Å². The van der Waals surface area contributed by atoms with Gasteiger partial charge in [0.1, 0.15) is 0 Å². The summed E-state index contributed by atoms with van der Waals surface area (Å²) in [6.07, 6.45) is 0.593. The smallest absolute Gasteiger partial charge is 0.214 e. The van der Waals surface area contributed by atoms with E-state index in [9.17, 15) is 8.42 Å². The van der Waals surface area contributed by atoms with Gasteiger partial charge in [-0.25, -0.2) is 8.42 Å². The maximum Gasteiger partial charge on any atom is 0.214 e. The molecule has 1 N–H and O–H groups in total. The Kier molecular flexibility index (Phi) is 4.59. The number of aryl methyl sites for hydroxylation is 1. The van der Waals surface area contributed by atoms with Crippen molar-refractivity contribution >= 4 is 10.0 Å². The number of hydrogen-bond donors (Lipinski definition) is 1. The predicted octanol–water partition coefficient (Wildman–Crippen LogP) is 0.148. The van der Waals surface area contributed by atoms with Crippen LogP contribution in [0.3, 0.4) is 0 Å². The summed E-state index contributed by atoms with van der Waals surface area (Å²) in [5.74, 6) is 0.210. The minimum atomic E-state index is -3.13. The highest BCUT2D eigenvalue weighted by Gasteiger charge is 2.31. The third kappa shape index (κ3) is 3.63. The Morgan fingerprint density at radius 1 is 1.05 bits per heavy atom. The van der Waals surface area contributed by atoms with Gasteiger partial charge in [0.15, 0.2) is 0 Å². The van der Waals surface area contributed by atoms with Gasteiger partial charge in [-0.05, 0) is 12.0 Å². The first-order valence-electron chi connectivity index (χ1n) is 7.62. The number of piperazine rings is 1. The van der Waals surface area contributed by atoms with E-state index in [1.54, 1.807) is 4.31 Å². The lowest BCUT2D eigenvalue weighted by atomic mass is 10.1. The Morgan fingerprint density at radius 3 is 2.29 bits per heavy atom. The van der Waals surface area contributed by atoms with E-state index in [0.717, 1.165) is 31.7 Å². The lowest BCUT2D eigenvalue weighted by molar-refractivity contribution is 0.103. The molecule has 2 aliphatic heterocycles. The van der Waals surface area contributed by atoms with Gasteiger partial charge in [-0.1, -0.05) is 30.3 Å². The zero-order chi connectivity index (χ0) is 14.7. The van der Waals surface area contributed by atoms with Crippen LogP contribution < -0.4 is 5.32 Å². The second-order valence-electron chi connectivity index (χ2n) is 5.80. The highest BCUT2D eigenvalue weighted by molar-refractivity contribution is 7.89. The number of nitrogens with zero attached hydrogens (tertiary/aromatic N) is 2. The van der Waals surface area contributed by atoms with Crippen LogP contribution in [0, 0.1) is 0 Å². The maximum atomic E-state index is 12.4. The SMILES string of the molecule is O=S(=O)(CCc1ccccc1)N1CCN(C2CNC2)CC1. The largest absolute Gasteiger partial charge is 0.314 e. The van der Waals surface area contributed by atoms with Crippen molar-refractivity contribution in [1.29, 1.82) is 0 Å². The van der Waals surface area contributed by atoms with Gasteiger partial charge in [0, 0.05) is 45.3 Å². The summed E-state index contributed by atoms with van der Waals surface area (Å²) in [5, 5.41) is 3.26. The third-order valence-corrected chi connectivity index (χ3v) is 6.31. The van der Waals surface area contributed by atoms with Gasteiger partial charge in [0.05, 0.1) is 5.75 Å². The zero-order valence-electron chi connectivity index (χ0n) is 12.2.